The number of hydrogen-bond acceptors (Lipinski definition) is 4. The molecule has 1 aromatic carbocycles. The van der Waals surface area contributed by atoms with Gasteiger partial charge in [0, 0.05) is 5.46 Å². The Morgan fingerprint density at radius 2 is 1.81 bits per heavy atom. The SMILES string of the molecule is COC(=O)Cc1ccc(F)c(B2OC(C)(C)C(C)(C)O2)c1. The monoisotopic (exact) mass is 294 g/mol. The van der Waals surface area contributed by atoms with Gasteiger partial charge in [0.15, 0.2) is 0 Å². The summed E-state index contributed by atoms with van der Waals surface area (Å²) in [5.74, 6) is -0.788. The molecule has 0 bridgehead atoms. The zero-order valence-corrected chi connectivity index (χ0v) is 13.0. The molecule has 1 fully saturated rings. The maximum Gasteiger partial charge on any atom is 0.497 e. The van der Waals surface area contributed by atoms with Crippen LogP contribution in [-0.4, -0.2) is 31.4 Å². The van der Waals surface area contributed by atoms with Crippen LogP contribution in [0.3, 0.4) is 0 Å². The van der Waals surface area contributed by atoms with Crippen molar-refractivity contribution in [3.05, 3.63) is 29.6 Å². The van der Waals surface area contributed by atoms with Crippen molar-refractivity contribution < 1.29 is 23.2 Å². The minimum Gasteiger partial charge on any atom is -0.469 e. The van der Waals surface area contributed by atoms with Crippen LogP contribution in [0.25, 0.3) is 0 Å². The Labute approximate surface area is 124 Å². The third kappa shape index (κ3) is 3.11. The first kappa shape index (κ1) is 16.0. The molecule has 0 aromatic heterocycles. The quantitative estimate of drug-likeness (QED) is 0.630. The number of hydrogen-bond donors (Lipinski definition) is 0. The molecule has 1 aromatic rings. The molecule has 0 radical (unpaired) electrons. The normalized spacial score (nSPS) is 19.6. The van der Waals surface area contributed by atoms with Crippen LogP contribution in [0, 0.1) is 5.82 Å². The third-order valence-electron chi connectivity index (χ3n) is 4.14. The Balaban J connectivity index is 2.28. The number of rotatable bonds is 3. The minimum absolute atomic E-state index is 0.0866. The number of benzene rings is 1. The molecule has 114 valence electrons. The molecular formula is C15H20BFO4. The van der Waals surface area contributed by atoms with Crippen molar-refractivity contribution in [2.75, 3.05) is 7.11 Å². The molecular weight excluding hydrogens is 274 g/mol. The van der Waals surface area contributed by atoms with E-state index < -0.39 is 24.1 Å². The van der Waals surface area contributed by atoms with Crippen LogP contribution >= 0.6 is 0 Å². The number of ether oxygens (including phenoxy) is 1. The van der Waals surface area contributed by atoms with Gasteiger partial charge in [-0.05, 0) is 39.3 Å². The highest BCUT2D eigenvalue weighted by molar-refractivity contribution is 6.62. The number of carbonyl (C=O) groups is 1. The Morgan fingerprint density at radius 3 is 2.33 bits per heavy atom. The third-order valence-corrected chi connectivity index (χ3v) is 4.14. The highest BCUT2D eigenvalue weighted by Gasteiger charge is 2.52. The summed E-state index contributed by atoms with van der Waals surface area (Å²) in [6.45, 7) is 7.62. The van der Waals surface area contributed by atoms with E-state index in [1.165, 1.54) is 13.2 Å². The smallest absolute Gasteiger partial charge is 0.469 e. The zero-order chi connectivity index (χ0) is 15.8. The fourth-order valence-corrected chi connectivity index (χ4v) is 2.09. The molecule has 1 aliphatic heterocycles. The first-order valence-corrected chi connectivity index (χ1v) is 6.87. The molecule has 1 heterocycles. The highest BCUT2D eigenvalue weighted by Crippen LogP contribution is 2.36. The molecule has 0 unspecified atom stereocenters. The Morgan fingerprint density at radius 1 is 1.24 bits per heavy atom. The summed E-state index contributed by atoms with van der Waals surface area (Å²) in [4.78, 5) is 11.3. The lowest BCUT2D eigenvalue weighted by Gasteiger charge is -2.32. The van der Waals surface area contributed by atoms with E-state index in [0.29, 0.717) is 11.0 Å². The summed E-state index contributed by atoms with van der Waals surface area (Å²) in [6, 6.07) is 4.47. The van der Waals surface area contributed by atoms with Gasteiger partial charge in [-0.25, -0.2) is 4.39 Å². The number of halogens is 1. The fourth-order valence-electron chi connectivity index (χ4n) is 2.09. The maximum atomic E-state index is 14.1. The molecule has 0 spiro atoms. The molecule has 21 heavy (non-hydrogen) atoms. The van der Waals surface area contributed by atoms with E-state index >= 15 is 0 Å². The molecule has 0 N–H and O–H groups in total. The Bertz CT molecular complexity index is 541. The van der Waals surface area contributed by atoms with Gasteiger partial charge in [-0.15, -0.1) is 0 Å². The van der Waals surface area contributed by atoms with Crippen molar-refractivity contribution in [1.29, 1.82) is 0 Å². The van der Waals surface area contributed by atoms with Crippen LogP contribution in [0.2, 0.25) is 0 Å². The van der Waals surface area contributed by atoms with Crippen LogP contribution in [0.1, 0.15) is 33.3 Å². The van der Waals surface area contributed by atoms with Crippen LogP contribution in [0.4, 0.5) is 4.39 Å². The second-order valence-corrected chi connectivity index (χ2v) is 6.20. The molecule has 0 saturated carbocycles. The number of carbonyl (C=O) groups excluding carboxylic acids is 1. The number of methoxy groups -OCH3 is 1. The lowest BCUT2D eigenvalue weighted by molar-refractivity contribution is -0.139. The summed E-state index contributed by atoms with van der Waals surface area (Å²) in [5, 5.41) is 0. The molecule has 0 atom stereocenters. The summed E-state index contributed by atoms with van der Waals surface area (Å²) in [7, 11) is 0.536. The topological polar surface area (TPSA) is 44.8 Å². The van der Waals surface area contributed by atoms with Gasteiger partial charge >= 0.3 is 13.1 Å². The average Bonchev–Trinajstić information content (AvgIpc) is 2.60. The lowest BCUT2D eigenvalue weighted by atomic mass is 9.77. The van der Waals surface area contributed by atoms with Crippen LogP contribution in [0.5, 0.6) is 0 Å². The van der Waals surface area contributed by atoms with Crippen molar-refractivity contribution >= 4 is 18.6 Å². The highest BCUT2D eigenvalue weighted by atomic mass is 19.1. The predicted molar refractivity (Wildman–Crippen MR) is 77.8 cm³/mol. The Hall–Kier alpha value is -1.40. The van der Waals surface area contributed by atoms with Crippen molar-refractivity contribution in [3.8, 4) is 0 Å². The molecule has 1 saturated heterocycles. The van der Waals surface area contributed by atoms with Crippen molar-refractivity contribution in [3.63, 3.8) is 0 Å². The minimum atomic E-state index is -0.785. The van der Waals surface area contributed by atoms with Gasteiger partial charge in [0.1, 0.15) is 5.82 Å². The Kier molecular flexibility index (Phi) is 4.13. The molecule has 0 amide bonds. The van der Waals surface area contributed by atoms with Crippen molar-refractivity contribution in [2.45, 2.75) is 45.3 Å². The van der Waals surface area contributed by atoms with E-state index in [-0.39, 0.29) is 12.4 Å². The van der Waals surface area contributed by atoms with Gasteiger partial charge in [-0.3, -0.25) is 4.79 Å². The van der Waals surface area contributed by atoms with Crippen LogP contribution < -0.4 is 5.46 Å². The predicted octanol–water partition coefficient (Wildman–Crippen LogP) is 1.84. The van der Waals surface area contributed by atoms with E-state index in [1.807, 2.05) is 27.7 Å². The summed E-state index contributed by atoms with van der Waals surface area (Å²) < 4.78 is 30.4. The largest absolute Gasteiger partial charge is 0.497 e. The molecule has 4 nitrogen and oxygen atoms in total. The fraction of sp³-hybridized carbons (Fsp3) is 0.533. The van der Waals surface area contributed by atoms with Gasteiger partial charge < -0.3 is 14.0 Å². The summed E-state index contributed by atoms with van der Waals surface area (Å²) in [5.41, 5.74) is -0.117. The van der Waals surface area contributed by atoms with Gasteiger partial charge in [0.2, 0.25) is 0 Å². The van der Waals surface area contributed by atoms with E-state index in [1.54, 1.807) is 12.1 Å². The van der Waals surface area contributed by atoms with Gasteiger partial charge in [0.25, 0.3) is 0 Å². The standard InChI is InChI=1S/C15H20BFO4/c1-14(2)15(3,4)21-16(20-14)11-8-10(6-7-12(11)17)9-13(18)19-5/h6-8H,9H2,1-5H3. The van der Waals surface area contributed by atoms with Crippen LogP contribution in [0.15, 0.2) is 18.2 Å². The molecule has 1 aliphatic rings. The second-order valence-electron chi connectivity index (χ2n) is 6.20. The first-order valence-electron chi connectivity index (χ1n) is 6.87. The molecule has 0 aliphatic carbocycles. The van der Waals surface area contributed by atoms with E-state index in [4.69, 9.17) is 9.31 Å². The van der Waals surface area contributed by atoms with E-state index in [9.17, 15) is 9.18 Å². The summed E-state index contributed by atoms with van der Waals surface area (Å²) in [6.07, 6.45) is 0.0866. The maximum absolute atomic E-state index is 14.1. The second kappa shape index (κ2) is 5.42. The van der Waals surface area contributed by atoms with E-state index in [2.05, 4.69) is 4.74 Å². The van der Waals surface area contributed by atoms with Crippen molar-refractivity contribution in [1.82, 2.24) is 0 Å². The molecule has 2 rings (SSSR count). The van der Waals surface area contributed by atoms with Crippen LogP contribution in [-0.2, 0) is 25.3 Å². The zero-order valence-electron chi connectivity index (χ0n) is 13.0. The van der Waals surface area contributed by atoms with Gasteiger partial charge in [-0.2, -0.15) is 0 Å². The summed E-state index contributed by atoms with van der Waals surface area (Å²) >= 11 is 0. The van der Waals surface area contributed by atoms with Gasteiger partial charge in [-0.1, -0.05) is 12.1 Å². The first-order chi connectivity index (χ1) is 9.66. The van der Waals surface area contributed by atoms with Crippen molar-refractivity contribution in [2.24, 2.45) is 0 Å². The molecule has 6 heteroatoms. The number of esters is 1. The lowest BCUT2D eigenvalue weighted by Crippen LogP contribution is -2.41. The van der Waals surface area contributed by atoms with E-state index in [0.717, 1.165) is 0 Å². The average molecular weight is 294 g/mol. The van der Waals surface area contributed by atoms with Gasteiger partial charge in [0.05, 0.1) is 24.7 Å².